The zero-order valence-corrected chi connectivity index (χ0v) is 22.7. The number of aromatic nitrogens is 2. The largest absolute Gasteiger partial charge is 0.435 e. The Morgan fingerprint density at radius 1 is 0.976 bits per heavy atom. The number of sulfonamides is 1. The molecule has 1 aromatic heterocycles. The number of hydrogen-bond acceptors (Lipinski definition) is 5. The number of alkyl halides is 3. The third-order valence-electron chi connectivity index (χ3n) is 5.60. The van der Waals surface area contributed by atoms with Crippen LogP contribution < -0.4 is 10.0 Å². The van der Waals surface area contributed by atoms with Crippen LogP contribution in [-0.2, 0) is 16.2 Å². The van der Waals surface area contributed by atoms with Gasteiger partial charge in [0.1, 0.15) is 11.5 Å². The fraction of sp³-hybridized carbons (Fsp3) is 0.179. The van der Waals surface area contributed by atoms with Gasteiger partial charge in [0.2, 0.25) is 10.0 Å². The molecule has 0 spiro atoms. The highest BCUT2D eigenvalue weighted by Gasteiger charge is 2.36. The molecular weight excluding hydrogens is 562 g/mol. The van der Waals surface area contributed by atoms with E-state index in [-0.39, 0.29) is 33.0 Å². The molecule has 0 aliphatic rings. The van der Waals surface area contributed by atoms with E-state index in [0.717, 1.165) is 6.07 Å². The van der Waals surface area contributed by atoms with E-state index in [1.807, 2.05) is 6.07 Å². The summed E-state index contributed by atoms with van der Waals surface area (Å²) in [5.41, 5.74) is -2.53. The molecule has 1 amide bonds. The Balaban J connectivity index is 1.69. The van der Waals surface area contributed by atoms with E-state index >= 15 is 4.39 Å². The van der Waals surface area contributed by atoms with Crippen LogP contribution in [0.1, 0.15) is 42.5 Å². The number of nitriles is 1. The van der Waals surface area contributed by atoms with Gasteiger partial charge in [-0.15, -0.1) is 0 Å². The van der Waals surface area contributed by atoms with Crippen LogP contribution in [-0.4, -0.2) is 29.6 Å². The van der Waals surface area contributed by atoms with Gasteiger partial charge in [-0.05, 0) is 62.7 Å². The predicted octanol–water partition coefficient (Wildman–Crippen LogP) is 5.90. The number of carbonyl (C=O) groups excluding carboxylic acids is 1. The summed E-state index contributed by atoms with van der Waals surface area (Å²) < 4.78 is 84.8. The highest BCUT2D eigenvalue weighted by molar-refractivity contribution is 7.89. The van der Waals surface area contributed by atoms with E-state index < -0.39 is 44.9 Å². The van der Waals surface area contributed by atoms with Gasteiger partial charge >= 0.3 is 6.18 Å². The van der Waals surface area contributed by atoms with Crippen LogP contribution in [0.25, 0.3) is 16.8 Å². The number of rotatable bonds is 6. The lowest BCUT2D eigenvalue weighted by molar-refractivity contribution is -0.141. The van der Waals surface area contributed by atoms with Crippen molar-refractivity contribution in [1.82, 2.24) is 14.5 Å². The summed E-state index contributed by atoms with van der Waals surface area (Å²) in [5, 5.41) is 14.9. The Morgan fingerprint density at radius 3 is 2.32 bits per heavy atom. The zero-order chi connectivity index (χ0) is 30.2. The van der Waals surface area contributed by atoms with Crippen LogP contribution in [0.3, 0.4) is 0 Å². The summed E-state index contributed by atoms with van der Waals surface area (Å²) in [4.78, 5) is 13.0. The summed E-state index contributed by atoms with van der Waals surface area (Å²) in [6.07, 6.45) is -4.88. The van der Waals surface area contributed by atoms with Gasteiger partial charge in [0.05, 0.1) is 27.9 Å². The molecule has 0 fully saturated rings. The van der Waals surface area contributed by atoms with Crippen molar-refractivity contribution in [3.63, 3.8) is 0 Å². The van der Waals surface area contributed by atoms with Gasteiger partial charge in [-0.25, -0.2) is 22.2 Å². The molecule has 0 bridgehead atoms. The van der Waals surface area contributed by atoms with E-state index in [4.69, 9.17) is 5.26 Å². The van der Waals surface area contributed by atoms with Gasteiger partial charge in [-0.3, -0.25) is 4.79 Å². The molecule has 0 radical (unpaired) electrons. The first-order valence-electron chi connectivity index (χ1n) is 12.0. The lowest BCUT2D eigenvalue weighted by atomic mass is 10.0. The summed E-state index contributed by atoms with van der Waals surface area (Å²) >= 11 is 0. The van der Waals surface area contributed by atoms with Crippen molar-refractivity contribution in [3.05, 3.63) is 95.6 Å². The summed E-state index contributed by atoms with van der Waals surface area (Å²) in [6.45, 7) is 5.02. The van der Waals surface area contributed by atoms with Crippen LogP contribution in [0, 0.1) is 17.1 Å². The second-order valence-corrected chi connectivity index (χ2v) is 11.6. The van der Waals surface area contributed by atoms with Crippen molar-refractivity contribution in [1.29, 1.82) is 5.26 Å². The van der Waals surface area contributed by atoms with Crippen molar-refractivity contribution in [2.24, 2.45) is 0 Å². The SMILES string of the molecule is CC(C)(C)NS(=O)(=O)c1ccccc1-c1ccc(NC(=O)c2cc(C(F)(F)F)nn2-c2cccc(C#N)c2)c(F)c1. The molecule has 0 aliphatic heterocycles. The van der Waals surface area contributed by atoms with E-state index in [0.29, 0.717) is 10.7 Å². The minimum Gasteiger partial charge on any atom is -0.318 e. The molecular formula is C28H23F4N5O3S. The van der Waals surface area contributed by atoms with E-state index in [2.05, 4.69) is 15.1 Å². The smallest absolute Gasteiger partial charge is 0.318 e. The van der Waals surface area contributed by atoms with Crippen LogP contribution in [0.2, 0.25) is 0 Å². The van der Waals surface area contributed by atoms with Gasteiger partial charge in [0, 0.05) is 17.2 Å². The van der Waals surface area contributed by atoms with Crippen molar-refractivity contribution in [2.45, 2.75) is 37.4 Å². The van der Waals surface area contributed by atoms with Gasteiger partial charge in [-0.1, -0.05) is 30.3 Å². The standard InChI is InChI=1S/C28H23F4N5O3S/c1-27(2,3)36-41(39,40)24-10-5-4-9-20(24)18-11-12-22(21(29)14-18)34-26(38)23-15-25(28(30,31)32)35-37(23)19-8-6-7-17(13-19)16-33/h4-15,36H,1-3H3,(H,34,38). The van der Waals surface area contributed by atoms with Crippen LogP contribution in [0.15, 0.2) is 77.7 Å². The highest BCUT2D eigenvalue weighted by atomic mass is 32.2. The number of nitrogens with zero attached hydrogens (tertiary/aromatic N) is 3. The summed E-state index contributed by atoms with van der Waals surface area (Å²) in [7, 11) is -3.98. The predicted molar refractivity (Wildman–Crippen MR) is 143 cm³/mol. The fourth-order valence-corrected chi connectivity index (χ4v) is 5.60. The Kier molecular flexibility index (Phi) is 7.75. The summed E-state index contributed by atoms with van der Waals surface area (Å²) in [5.74, 6) is -2.06. The maximum absolute atomic E-state index is 15.2. The average molecular weight is 586 g/mol. The maximum Gasteiger partial charge on any atom is 0.435 e. The minimum absolute atomic E-state index is 0.0159. The van der Waals surface area contributed by atoms with Crippen molar-refractivity contribution in [3.8, 4) is 22.9 Å². The maximum atomic E-state index is 15.2. The molecule has 212 valence electrons. The molecule has 0 aliphatic carbocycles. The topological polar surface area (TPSA) is 117 Å². The Hall–Kier alpha value is -4.54. The van der Waals surface area contributed by atoms with Crippen LogP contribution in [0.5, 0.6) is 0 Å². The number of benzene rings is 3. The average Bonchev–Trinajstić information content (AvgIpc) is 3.35. The molecule has 3 aromatic carbocycles. The second-order valence-electron chi connectivity index (χ2n) is 9.99. The number of nitrogens with one attached hydrogen (secondary N) is 2. The number of anilines is 1. The highest BCUT2D eigenvalue weighted by Crippen LogP contribution is 2.32. The van der Waals surface area contributed by atoms with Gasteiger partial charge in [0.15, 0.2) is 5.69 Å². The molecule has 2 N–H and O–H groups in total. The molecule has 8 nitrogen and oxygen atoms in total. The minimum atomic E-state index is -4.88. The van der Waals surface area contributed by atoms with Crippen molar-refractivity contribution in [2.75, 3.05) is 5.32 Å². The fourth-order valence-electron chi connectivity index (χ4n) is 3.95. The first kappa shape index (κ1) is 29.4. The van der Waals surface area contributed by atoms with Crippen molar-refractivity contribution < 1.29 is 30.8 Å². The molecule has 4 rings (SSSR count). The number of halogens is 4. The quantitative estimate of drug-likeness (QED) is 0.274. The van der Waals surface area contributed by atoms with E-state index in [1.165, 1.54) is 54.6 Å². The van der Waals surface area contributed by atoms with Gasteiger partial charge in [-0.2, -0.15) is 23.5 Å². The summed E-state index contributed by atoms with van der Waals surface area (Å²) in [6, 6.07) is 17.4. The molecule has 0 atom stereocenters. The molecule has 0 saturated carbocycles. The van der Waals surface area contributed by atoms with Crippen molar-refractivity contribution >= 4 is 21.6 Å². The first-order valence-corrected chi connectivity index (χ1v) is 13.5. The zero-order valence-electron chi connectivity index (χ0n) is 21.9. The molecule has 0 saturated heterocycles. The monoisotopic (exact) mass is 585 g/mol. The Morgan fingerprint density at radius 2 is 1.68 bits per heavy atom. The van der Waals surface area contributed by atoms with Crippen LogP contribution >= 0.6 is 0 Å². The molecule has 1 heterocycles. The van der Waals surface area contributed by atoms with Crippen LogP contribution in [0.4, 0.5) is 23.2 Å². The molecule has 41 heavy (non-hydrogen) atoms. The van der Waals surface area contributed by atoms with Gasteiger partial charge < -0.3 is 5.32 Å². The normalized spacial score (nSPS) is 12.1. The molecule has 0 unspecified atom stereocenters. The third kappa shape index (κ3) is 6.62. The molecule has 4 aromatic rings. The number of carbonyl (C=O) groups is 1. The Bertz CT molecular complexity index is 1790. The molecule has 13 heteroatoms. The van der Waals surface area contributed by atoms with Gasteiger partial charge in [0.25, 0.3) is 5.91 Å². The Labute approximate surface area is 233 Å². The number of hydrogen-bond donors (Lipinski definition) is 2. The van der Waals surface area contributed by atoms with E-state index in [1.54, 1.807) is 26.8 Å². The lowest BCUT2D eigenvalue weighted by Crippen LogP contribution is -2.40. The lowest BCUT2D eigenvalue weighted by Gasteiger charge is -2.21. The number of amides is 1. The third-order valence-corrected chi connectivity index (χ3v) is 7.41. The van der Waals surface area contributed by atoms with E-state index in [9.17, 15) is 26.4 Å². The second kappa shape index (κ2) is 10.8. The first-order chi connectivity index (χ1) is 19.1.